The van der Waals surface area contributed by atoms with Crippen molar-refractivity contribution in [2.24, 2.45) is 124 Å². The Morgan fingerprint density at radius 2 is 0.536 bits per heavy atom. The van der Waals surface area contributed by atoms with Gasteiger partial charge >= 0.3 is 180 Å². The van der Waals surface area contributed by atoms with Gasteiger partial charge in [-0.2, -0.15) is 0 Å². The first-order valence-corrected chi connectivity index (χ1v) is 24.5. The molecule has 0 heterocycles. The molecule has 0 aromatic carbocycles. The Labute approximate surface area is 179 Å². The van der Waals surface area contributed by atoms with Gasteiger partial charge in [-0.25, -0.2) is 0 Å². The third-order valence-corrected chi connectivity index (χ3v) is 41.6. The second kappa shape index (κ2) is 2.80. The van der Waals surface area contributed by atoms with Crippen molar-refractivity contribution in [3.63, 3.8) is 0 Å². The van der Waals surface area contributed by atoms with E-state index in [1.165, 1.54) is 124 Å². The molecule has 18 saturated carbocycles. The van der Waals surface area contributed by atoms with Gasteiger partial charge in [0.25, 0.3) is 0 Å². The van der Waals surface area contributed by atoms with Gasteiger partial charge in [0.1, 0.15) is 0 Å². The molecule has 18 aliphatic rings. The van der Waals surface area contributed by atoms with Crippen molar-refractivity contribution in [3.8, 4) is 0 Å². The molecule has 18 aliphatic carbocycles. The standard InChI is InChI=1S/3C8H8S.Ga/c3*9-8-5-2-1-3(5)7(8)4(1)6(2)8;/h3*1-7,9H;/q;;;+3/p-3. The first-order valence-electron chi connectivity index (χ1n) is 12.9. The molecule has 0 unspecified atom stereocenters. The molecular weight excluding hydrogens is 454 g/mol. The minimum atomic E-state index is -1.33. The van der Waals surface area contributed by atoms with Gasteiger partial charge in [0, 0.05) is 0 Å². The van der Waals surface area contributed by atoms with Crippen molar-refractivity contribution < 1.29 is 0 Å². The molecule has 0 N–H and O–H groups in total. The van der Waals surface area contributed by atoms with Crippen LogP contribution in [0.4, 0.5) is 0 Å². The van der Waals surface area contributed by atoms with Crippen molar-refractivity contribution in [3.05, 3.63) is 0 Å². The van der Waals surface area contributed by atoms with Gasteiger partial charge in [-0.05, 0) is 0 Å². The first kappa shape index (κ1) is 12.8. The van der Waals surface area contributed by atoms with Crippen LogP contribution in [0, 0.1) is 124 Å². The van der Waals surface area contributed by atoms with Crippen LogP contribution in [-0.4, -0.2) is 26.8 Å². The molecule has 0 saturated heterocycles. The molecular formula is C24H21GaS3. The van der Waals surface area contributed by atoms with Gasteiger partial charge in [-0.1, -0.05) is 0 Å². The molecule has 0 aromatic rings. The fourth-order valence-electron chi connectivity index (χ4n) is 17.3. The Balaban J connectivity index is 0.851. The van der Waals surface area contributed by atoms with Crippen LogP contribution < -0.4 is 0 Å². The van der Waals surface area contributed by atoms with Gasteiger partial charge in [0.05, 0.1) is 0 Å². The molecule has 18 fully saturated rings. The fraction of sp³-hybridized carbons (Fsp3) is 1.00. The SMILES string of the molecule is [S]([Ga]([S]C12C3C4C5C3C1C5C42)[S]C12C3C4C5C3C1C5C42)C12C3C4C5C3C1C5C42. The summed E-state index contributed by atoms with van der Waals surface area (Å²) in [6, 6.07) is 0. The van der Waals surface area contributed by atoms with Gasteiger partial charge in [-0.3, -0.25) is 0 Å². The van der Waals surface area contributed by atoms with E-state index < -0.39 is 12.5 Å². The molecule has 18 rings (SSSR count). The second-order valence-electron chi connectivity index (χ2n) is 14.9. The molecule has 0 amide bonds. The Morgan fingerprint density at radius 1 is 0.321 bits per heavy atom. The zero-order valence-electron chi connectivity index (χ0n) is 15.4. The molecule has 0 spiro atoms. The summed E-state index contributed by atoms with van der Waals surface area (Å²) in [6.45, 7) is 0. The minimum absolute atomic E-state index is 0.983. The van der Waals surface area contributed by atoms with Crippen LogP contribution in [0.3, 0.4) is 0 Å². The van der Waals surface area contributed by atoms with E-state index in [4.69, 9.17) is 0 Å². The van der Waals surface area contributed by atoms with E-state index in [9.17, 15) is 0 Å². The van der Waals surface area contributed by atoms with Gasteiger partial charge in [0.2, 0.25) is 0 Å². The molecule has 0 atom stereocenters. The average Bonchev–Trinajstić information content (AvgIpc) is 2.74. The number of hydrogen-bond acceptors (Lipinski definition) is 3. The second-order valence-corrected chi connectivity index (χ2v) is 35.4. The normalized spacial score (nSPS) is 104. The third-order valence-electron chi connectivity index (χ3n) is 17.1. The van der Waals surface area contributed by atoms with Gasteiger partial charge < -0.3 is 0 Å². The summed E-state index contributed by atoms with van der Waals surface area (Å²) in [6.07, 6.45) is 0. The van der Waals surface area contributed by atoms with Crippen molar-refractivity contribution in [1.82, 2.24) is 0 Å². The molecule has 138 valence electrons. The summed E-state index contributed by atoms with van der Waals surface area (Å²) in [5, 5.41) is 0. The summed E-state index contributed by atoms with van der Waals surface area (Å²) < 4.78 is 2.95. The number of hydrogen-bond donors (Lipinski definition) is 0. The monoisotopic (exact) mass is 474 g/mol. The van der Waals surface area contributed by atoms with E-state index >= 15 is 0 Å². The van der Waals surface area contributed by atoms with Crippen LogP contribution in [0.1, 0.15) is 0 Å². The van der Waals surface area contributed by atoms with Gasteiger partial charge in [-0.15, -0.1) is 0 Å². The van der Waals surface area contributed by atoms with E-state index in [0.29, 0.717) is 0 Å². The summed E-state index contributed by atoms with van der Waals surface area (Å²) in [5.74, 6) is 27.6. The Morgan fingerprint density at radius 3 is 0.750 bits per heavy atom. The summed E-state index contributed by atoms with van der Waals surface area (Å²) in [5.41, 5.74) is 0. The predicted molar refractivity (Wildman–Crippen MR) is 110 cm³/mol. The van der Waals surface area contributed by atoms with Crippen LogP contribution in [0.25, 0.3) is 0 Å². The van der Waals surface area contributed by atoms with Crippen LogP contribution in [0.2, 0.25) is 0 Å². The maximum atomic E-state index is 2.87. The van der Waals surface area contributed by atoms with Crippen LogP contribution >= 0.6 is 29.1 Å². The van der Waals surface area contributed by atoms with E-state index in [1.807, 2.05) is 0 Å². The third kappa shape index (κ3) is 0.618. The van der Waals surface area contributed by atoms with Crippen LogP contribution in [0.15, 0.2) is 0 Å². The van der Waals surface area contributed by atoms with Crippen molar-refractivity contribution in [2.45, 2.75) is 14.2 Å². The van der Waals surface area contributed by atoms with E-state index in [-0.39, 0.29) is 0 Å². The molecule has 0 radical (unpaired) electrons. The molecule has 0 bridgehead atoms. The van der Waals surface area contributed by atoms with E-state index in [1.54, 1.807) is 0 Å². The van der Waals surface area contributed by atoms with Crippen molar-refractivity contribution in [1.29, 1.82) is 0 Å². The summed E-state index contributed by atoms with van der Waals surface area (Å²) >= 11 is -1.33. The van der Waals surface area contributed by atoms with Crippen LogP contribution in [0.5, 0.6) is 0 Å². The molecule has 0 nitrogen and oxygen atoms in total. The fourth-order valence-corrected chi connectivity index (χ4v) is 56.6. The Hall–Kier alpha value is 1.69. The van der Waals surface area contributed by atoms with Crippen molar-refractivity contribution in [2.75, 3.05) is 0 Å². The predicted octanol–water partition coefficient (Wildman–Crippen LogP) is 3.53. The Kier molecular flexibility index (Phi) is 1.28. The average molecular weight is 475 g/mol. The summed E-state index contributed by atoms with van der Waals surface area (Å²) in [7, 11) is 8.61. The van der Waals surface area contributed by atoms with E-state index in [0.717, 1.165) is 14.2 Å². The van der Waals surface area contributed by atoms with E-state index in [2.05, 4.69) is 29.1 Å². The quantitative estimate of drug-likeness (QED) is 0.540. The zero-order chi connectivity index (χ0) is 16.3. The Bertz CT molecular complexity index is 839. The van der Waals surface area contributed by atoms with Gasteiger partial charge in [0.15, 0.2) is 0 Å². The summed E-state index contributed by atoms with van der Waals surface area (Å²) in [4.78, 5) is 0. The molecule has 0 aliphatic heterocycles. The first-order chi connectivity index (χ1) is 13.9. The topological polar surface area (TPSA) is 0 Å². The maximum absolute atomic E-state index is 2.87. The molecule has 4 heteroatoms. The molecule has 28 heavy (non-hydrogen) atoms. The molecule has 0 aromatic heterocycles. The van der Waals surface area contributed by atoms with Crippen LogP contribution in [-0.2, 0) is 0 Å². The van der Waals surface area contributed by atoms with Crippen molar-refractivity contribution >= 4 is 41.6 Å². The number of rotatable bonds is 6. The zero-order valence-corrected chi connectivity index (χ0v) is 20.3.